The zero-order valence-corrected chi connectivity index (χ0v) is 88.9. The van der Waals surface area contributed by atoms with Gasteiger partial charge in [0.15, 0.2) is 21.5 Å². The largest absolute Gasteiger partial charge is 0.507 e. The number of sulfonamides is 2. The molecular weight excluding hydrogens is 2270 g/mol. The third-order valence-corrected chi connectivity index (χ3v) is 28.8. The number of phenols is 1. The van der Waals surface area contributed by atoms with E-state index in [1.54, 1.807) is 106 Å². The normalized spacial score (nSPS) is 13.2. The number of hydrogen-bond acceptors (Lipinski definition) is 27. The van der Waals surface area contributed by atoms with Gasteiger partial charge in [0.25, 0.3) is 20.0 Å². The molecular formula is C88H81BBr3Cl7F4N16O14S6. The molecule has 11 heterocycles. The van der Waals surface area contributed by atoms with Gasteiger partial charge in [-0.15, -0.1) is 89.9 Å². The van der Waals surface area contributed by atoms with Crippen LogP contribution in [0.1, 0.15) is 85.0 Å². The van der Waals surface area contributed by atoms with Crippen molar-refractivity contribution in [1.29, 1.82) is 0 Å². The molecule has 0 aliphatic carbocycles. The number of nitrogens with one attached hydrogen (secondary N) is 3. The fourth-order valence-electron chi connectivity index (χ4n) is 14.2. The van der Waals surface area contributed by atoms with E-state index in [1.807, 2.05) is 38.4 Å². The lowest BCUT2D eigenvalue weighted by Crippen LogP contribution is -2.41. The molecule has 51 heteroatoms. The average Bonchev–Trinajstić information content (AvgIpc) is 1.75. The van der Waals surface area contributed by atoms with Crippen molar-refractivity contribution < 1.29 is 81.2 Å². The molecule has 0 bridgehead atoms. The highest BCUT2D eigenvalue weighted by Crippen LogP contribution is 2.47. The number of benzene rings is 7. The number of amides is 2. The quantitative estimate of drug-likeness (QED) is 0.0352. The molecule has 14 aromatic rings. The number of nitrogens with zero attached hydrogens (tertiary/aromatic N) is 13. The first kappa shape index (κ1) is 107. The van der Waals surface area contributed by atoms with Crippen molar-refractivity contribution in [2.45, 2.75) is 138 Å². The number of rotatable bonds is 18. The van der Waals surface area contributed by atoms with Crippen LogP contribution in [0, 0.1) is 23.3 Å². The predicted molar refractivity (Wildman–Crippen MR) is 547 cm³/mol. The molecule has 0 saturated heterocycles. The maximum absolute atomic E-state index is 15.5. The van der Waals surface area contributed by atoms with E-state index in [0.717, 1.165) is 169 Å². The molecule has 4 aliphatic rings. The zero-order chi connectivity index (χ0) is 100. The first-order chi connectivity index (χ1) is 65.9. The highest BCUT2D eigenvalue weighted by Gasteiger charge is 2.41. The molecule has 30 nitrogen and oxygen atoms in total. The molecule has 0 fully saturated rings. The molecule has 0 atom stereocenters. The van der Waals surface area contributed by atoms with Gasteiger partial charge in [-0.05, 0) is 171 Å². The molecule has 139 heavy (non-hydrogen) atoms. The van der Waals surface area contributed by atoms with Crippen LogP contribution in [-0.4, -0.2) is 138 Å². The van der Waals surface area contributed by atoms with E-state index in [-0.39, 0.29) is 52.2 Å². The number of carbonyl (C=O) groups is 2. The number of aryl methyl sites for hydroxylation is 4. The Kier molecular flexibility index (Phi) is 35.6. The summed E-state index contributed by atoms with van der Waals surface area (Å²) in [6.45, 7) is 15.3. The van der Waals surface area contributed by atoms with Crippen molar-refractivity contribution in [2.24, 2.45) is 0 Å². The molecule has 18 rings (SSSR count). The number of ether oxygens (including phenoxy) is 5. The molecule has 4 aliphatic heterocycles. The zero-order valence-electron chi connectivity index (χ0n) is 74.0. The smallest absolute Gasteiger partial charge is 0.430 e. The fourth-order valence-corrected chi connectivity index (χ4v) is 21.5. The fraction of sp³-hybridized carbons (Fsp3) is 0.261. The van der Waals surface area contributed by atoms with E-state index in [0.29, 0.717) is 65.2 Å². The minimum absolute atomic E-state index is 0.0238. The number of carbonyl (C=O) groups excluding carboxylic acids is 2. The highest BCUT2D eigenvalue weighted by molar-refractivity contribution is 9.69. The molecule has 7 aromatic heterocycles. The SMILES string of the molecule is BrB(Br)Br.CC(C)(C)OC(=O)N(c1cscn1)S(=O)(=O)c1cc(Cl)c(F)cc1F.CC(C)(C)OC(=O)N(c1cscn1)S(=O)(=O)c1cc(Cl)c(Oc2ccc(Cl)cc2-c2cnn3c2NCCC3)cc1F.COc1ccc(Cl)cc1-c1cnn2c1CCCC2.O=S(=O)(Cc1cscn1)c1cc(Cl)c(Oc2ccc(Cl)cc2-c2cnn3c2NCCC3)cc1F.Oc1ccc(Cl)cc1-c1cnn2c1NCCC2. The van der Waals surface area contributed by atoms with Crippen LogP contribution in [0.3, 0.4) is 0 Å². The Morgan fingerprint density at radius 3 is 1.26 bits per heavy atom. The summed E-state index contributed by atoms with van der Waals surface area (Å²) in [5.74, 6) is -1.53. The topological polar surface area (TPSA) is 355 Å². The van der Waals surface area contributed by atoms with Crippen molar-refractivity contribution in [1.82, 2.24) is 54.1 Å². The second-order valence-electron chi connectivity index (χ2n) is 32.2. The summed E-state index contributed by atoms with van der Waals surface area (Å²) in [5, 5.41) is 43.0. The van der Waals surface area contributed by atoms with Crippen LogP contribution in [0.25, 0.3) is 44.5 Å². The number of sulfone groups is 1. The second-order valence-corrected chi connectivity index (χ2v) is 49.2. The molecule has 0 saturated carbocycles. The Bertz CT molecular complexity index is 7180. The van der Waals surface area contributed by atoms with Gasteiger partial charge in [-0.1, -0.05) is 81.2 Å². The van der Waals surface area contributed by atoms with Crippen molar-refractivity contribution in [2.75, 3.05) is 51.3 Å². The van der Waals surface area contributed by atoms with Crippen molar-refractivity contribution in [3.63, 3.8) is 0 Å². The number of halogens is 14. The Morgan fingerprint density at radius 2 is 0.827 bits per heavy atom. The molecule has 0 radical (unpaired) electrons. The van der Waals surface area contributed by atoms with E-state index >= 15 is 4.39 Å². The predicted octanol–water partition coefficient (Wildman–Crippen LogP) is 25.9. The standard InChI is InChI=1S/C26H24Cl2FN5O5S2.C22H17Cl2FN4O3S2.C14H13ClF2N2O4S2.C14H15ClN2O.C12H12ClN3O.BBr3/c1-26(2,3)39-25(35)34(23-13-40-14-31-23)41(36,37)22-10-18(28)21(11-19(22)29)38-20-6-5-15(27)9-16(20)17-12-32-33-8-4-7-30-24(17)33;23-13-2-3-19(15(6-13)16-9-28-29-5-1-4-26-22(16)29)32-20-8-18(25)21(7-17(20)24)34(30,31)11-14-10-33-12-27-14;1-14(2,3)23-13(20)19(12-6-24-7-18-12)25(21,22)11-4-8(15)9(16)5-10(11)17;1-18-14-6-5-10(15)8-11(14)12-9-16-17-7-3-2-4-13(12)17;13-8-2-3-11(17)9(6-8)10-7-15-16-5-1-4-14-12(10)16;2-1(3)4/h5-6,9-14,30H,4,7-8H2,1-3H3;2-3,6-10,12,26H,1,4-5,11H2;4-7H,1-3H3;5-6,8-9H,2-4,7H2,1H3;2-3,6-7,14,17H,1,4-5H2;. The van der Waals surface area contributed by atoms with Crippen molar-refractivity contribution >= 4 is 237 Å². The van der Waals surface area contributed by atoms with Crippen LogP contribution in [0.15, 0.2) is 181 Å². The van der Waals surface area contributed by atoms with Crippen LogP contribution in [-0.2, 0) is 77.7 Å². The molecule has 0 unspecified atom stereocenters. The summed E-state index contributed by atoms with van der Waals surface area (Å²) in [5.41, 5.74) is 10.2. The number of aromatic nitrogens is 11. The summed E-state index contributed by atoms with van der Waals surface area (Å²) >= 11 is 55.5. The van der Waals surface area contributed by atoms with Crippen LogP contribution >= 0.6 is 162 Å². The van der Waals surface area contributed by atoms with Gasteiger partial charge in [0.1, 0.15) is 101 Å². The van der Waals surface area contributed by atoms with Crippen LogP contribution in [0.2, 0.25) is 35.2 Å². The molecule has 4 N–H and O–H groups in total. The molecule has 734 valence electrons. The summed E-state index contributed by atoms with van der Waals surface area (Å²) < 4.78 is 172. The summed E-state index contributed by atoms with van der Waals surface area (Å²) in [6, 6.07) is 25.3. The van der Waals surface area contributed by atoms with Crippen LogP contribution in [0.4, 0.5) is 56.2 Å². The van der Waals surface area contributed by atoms with E-state index in [9.17, 15) is 53.1 Å². The summed E-state index contributed by atoms with van der Waals surface area (Å²) in [6.07, 6.45) is 11.0. The maximum atomic E-state index is 15.5. The number of aromatic hydroxyl groups is 1. The number of phenolic OH excluding ortho intramolecular Hbond substituents is 1. The van der Waals surface area contributed by atoms with Gasteiger partial charge < -0.3 is 44.7 Å². The number of fused-ring (bicyclic) bond motifs is 4. The van der Waals surface area contributed by atoms with Gasteiger partial charge in [0.2, 0.25) is 0 Å². The van der Waals surface area contributed by atoms with Gasteiger partial charge >= 0.3 is 15.4 Å². The van der Waals surface area contributed by atoms with Crippen LogP contribution < -0.4 is 38.8 Å². The lowest BCUT2D eigenvalue weighted by Gasteiger charge is -2.26. The van der Waals surface area contributed by atoms with E-state index in [4.69, 9.17) is 105 Å². The lowest BCUT2D eigenvalue weighted by molar-refractivity contribution is 0.0596. The Balaban J connectivity index is 0.000000150. The first-order valence-electron chi connectivity index (χ1n) is 41.6. The minimum Gasteiger partial charge on any atom is -0.507 e. The van der Waals surface area contributed by atoms with E-state index in [1.165, 1.54) is 77.9 Å². The number of methoxy groups -OCH3 is 1. The minimum atomic E-state index is -4.85. The first-order valence-corrected chi connectivity index (χ1v) is 54.3. The maximum Gasteiger partial charge on any atom is 0.430 e. The Hall–Kier alpha value is -9.49. The monoisotopic (exact) mass is 2350 g/mol. The van der Waals surface area contributed by atoms with Gasteiger partial charge in [0.05, 0.1) is 74.9 Å². The molecule has 2 amide bonds. The molecule has 7 aromatic carbocycles. The second kappa shape index (κ2) is 46.3. The Morgan fingerprint density at radius 1 is 0.453 bits per heavy atom. The number of hydrogen-bond donors (Lipinski definition) is 4. The Labute approximate surface area is 868 Å². The van der Waals surface area contributed by atoms with Crippen molar-refractivity contribution in [3.8, 4) is 79.0 Å². The van der Waals surface area contributed by atoms with E-state index in [2.05, 4.69) is 103 Å². The van der Waals surface area contributed by atoms with Gasteiger partial charge in [-0.25, -0.2) is 81.4 Å². The van der Waals surface area contributed by atoms with E-state index < -0.39 is 102 Å². The lowest BCUT2D eigenvalue weighted by atomic mass is 10.0. The van der Waals surface area contributed by atoms with Gasteiger partial charge in [-0.3, -0.25) is 4.68 Å². The number of anilines is 5. The highest BCUT2D eigenvalue weighted by atomic mass is 79.9. The average molecular weight is 2350 g/mol. The van der Waals surface area contributed by atoms with Gasteiger partial charge in [-0.2, -0.15) is 20.4 Å². The van der Waals surface area contributed by atoms with Crippen molar-refractivity contribution in [3.05, 3.63) is 236 Å². The third-order valence-electron chi connectivity index (χ3n) is 20.1. The number of thiazole rings is 3. The summed E-state index contributed by atoms with van der Waals surface area (Å²) in [7, 11) is -11.9. The molecule has 0 spiro atoms. The van der Waals surface area contributed by atoms with Crippen LogP contribution in [0.5, 0.6) is 34.5 Å². The van der Waals surface area contributed by atoms with Gasteiger partial charge in [0, 0.05) is 150 Å². The third kappa shape index (κ3) is 26.5. The summed E-state index contributed by atoms with van der Waals surface area (Å²) in [4.78, 5) is 34.6.